The molecule has 0 aromatic heterocycles. The summed E-state index contributed by atoms with van der Waals surface area (Å²) in [5, 5.41) is 9.03. The summed E-state index contributed by atoms with van der Waals surface area (Å²) in [6.45, 7) is 6.34. The van der Waals surface area contributed by atoms with Crippen LogP contribution in [0.2, 0.25) is 0 Å². The van der Waals surface area contributed by atoms with Crippen LogP contribution in [0, 0.1) is 11.8 Å². The van der Waals surface area contributed by atoms with Gasteiger partial charge in [0.25, 0.3) is 5.91 Å². The van der Waals surface area contributed by atoms with Gasteiger partial charge in [0.15, 0.2) is 0 Å². The first-order valence-electron chi connectivity index (χ1n) is 7.01. The first kappa shape index (κ1) is 17.0. The van der Waals surface area contributed by atoms with Gasteiger partial charge in [0.1, 0.15) is 5.75 Å². The molecule has 0 fully saturated rings. The Morgan fingerprint density at radius 2 is 1.71 bits per heavy atom. The molecule has 0 bridgehead atoms. The summed E-state index contributed by atoms with van der Waals surface area (Å²) in [5.41, 5.74) is 0.536. The van der Waals surface area contributed by atoms with Gasteiger partial charge in [-0.15, -0.1) is 0 Å². The van der Waals surface area contributed by atoms with Crippen molar-refractivity contribution in [3.8, 4) is 5.75 Å². The van der Waals surface area contributed by atoms with Gasteiger partial charge < -0.3 is 14.7 Å². The largest absolute Gasteiger partial charge is 0.497 e. The highest BCUT2D eigenvalue weighted by Crippen LogP contribution is 2.15. The third kappa shape index (κ3) is 5.10. The fourth-order valence-corrected chi connectivity index (χ4v) is 2.01. The Hall–Kier alpha value is -2.04. The van der Waals surface area contributed by atoms with E-state index >= 15 is 0 Å². The van der Waals surface area contributed by atoms with Gasteiger partial charge in [-0.2, -0.15) is 0 Å². The molecule has 21 heavy (non-hydrogen) atoms. The first-order valence-corrected chi connectivity index (χ1v) is 7.01. The normalized spacial score (nSPS) is 12.0. The maximum absolute atomic E-state index is 12.5. The van der Waals surface area contributed by atoms with Crippen LogP contribution in [0.5, 0.6) is 5.75 Å². The predicted octanol–water partition coefficient (Wildman–Crippen LogP) is 2.51. The highest BCUT2D eigenvalue weighted by atomic mass is 16.5. The summed E-state index contributed by atoms with van der Waals surface area (Å²) in [6.07, 6.45) is 0. The molecule has 0 aliphatic carbocycles. The van der Waals surface area contributed by atoms with Crippen LogP contribution in [-0.2, 0) is 4.79 Å². The zero-order valence-electron chi connectivity index (χ0n) is 13.0. The summed E-state index contributed by atoms with van der Waals surface area (Å²) >= 11 is 0. The molecular weight excluding hydrogens is 270 g/mol. The molecule has 0 saturated heterocycles. The molecule has 1 atom stereocenters. The third-order valence-electron chi connectivity index (χ3n) is 3.13. The minimum Gasteiger partial charge on any atom is -0.497 e. The van der Waals surface area contributed by atoms with E-state index < -0.39 is 11.9 Å². The van der Waals surface area contributed by atoms with Gasteiger partial charge in [0.2, 0.25) is 0 Å². The number of nitrogens with zero attached hydrogens (tertiary/aromatic N) is 1. The Bertz CT molecular complexity index is 482. The predicted molar refractivity (Wildman–Crippen MR) is 80.5 cm³/mol. The van der Waals surface area contributed by atoms with Gasteiger partial charge in [-0.25, -0.2) is 0 Å². The maximum Gasteiger partial charge on any atom is 0.308 e. The molecule has 1 amide bonds. The molecule has 0 aliphatic heterocycles. The second-order valence-electron chi connectivity index (χ2n) is 5.57. The van der Waals surface area contributed by atoms with E-state index in [4.69, 9.17) is 9.84 Å². The van der Waals surface area contributed by atoms with E-state index in [0.717, 1.165) is 0 Å². The lowest BCUT2D eigenvalue weighted by Crippen LogP contribution is -2.39. The highest BCUT2D eigenvalue weighted by Gasteiger charge is 2.22. The number of carbonyl (C=O) groups excluding carboxylic acids is 1. The zero-order valence-corrected chi connectivity index (χ0v) is 13.0. The number of rotatable bonds is 7. The Morgan fingerprint density at radius 3 is 2.14 bits per heavy atom. The number of carboxylic acid groups (broad SMARTS) is 1. The summed E-state index contributed by atoms with van der Waals surface area (Å²) < 4.78 is 5.07. The number of ether oxygens (including phenoxy) is 1. The zero-order chi connectivity index (χ0) is 16.0. The standard InChI is InChI=1S/C16H23NO4/c1-11(2)9-17(10-12(3)16(19)20)15(18)13-5-7-14(21-4)8-6-13/h5-8,11-12H,9-10H2,1-4H3,(H,19,20). The van der Waals surface area contributed by atoms with Gasteiger partial charge in [0.05, 0.1) is 13.0 Å². The Labute approximate surface area is 125 Å². The molecule has 1 N–H and O–H groups in total. The molecule has 1 aromatic carbocycles. The van der Waals surface area contributed by atoms with Crippen LogP contribution < -0.4 is 4.74 Å². The van der Waals surface area contributed by atoms with Crippen molar-refractivity contribution >= 4 is 11.9 Å². The lowest BCUT2D eigenvalue weighted by atomic mass is 10.1. The van der Waals surface area contributed by atoms with E-state index in [0.29, 0.717) is 17.9 Å². The fraction of sp³-hybridized carbons (Fsp3) is 0.500. The average molecular weight is 293 g/mol. The number of methoxy groups -OCH3 is 1. The molecule has 5 heteroatoms. The first-order chi connectivity index (χ1) is 9.85. The lowest BCUT2D eigenvalue weighted by Gasteiger charge is -2.26. The topological polar surface area (TPSA) is 66.8 Å². The maximum atomic E-state index is 12.5. The molecule has 116 valence electrons. The fourth-order valence-electron chi connectivity index (χ4n) is 2.01. The minimum absolute atomic E-state index is 0.153. The molecule has 0 radical (unpaired) electrons. The van der Waals surface area contributed by atoms with E-state index in [-0.39, 0.29) is 18.4 Å². The second kappa shape index (κ2) is 7.67. The summed E-state index contributed by atoms with van der Waals surface area (Å²) in [6, 6.07) is 6.84. The van der Waals surface area contributed by atoms with Crippen molar-refractivity contribution in [3.63, 3.8) is 0 Å². The van der Waals surface area contributed by atoms with E-state index in [9.17, 15) is 9.59 Å². The molecule has 0 aliphatic rings. The van der Waals surface area contributed by atoms with Crippen LogP contribution in [0.3, 0.4) is 0 Å². The van der Waals surface area contributed by atoms with Crippen molar-refractivity contribution in [1.82, 2.24) is 4.90 Å². The minimum atomic E-state index is -0.897. The number of benzene rings is 1. The van der Waals surface area contributed by atoms with Crippen LogP contribution in [0.4, 0.5) is 0 Å². The van der Waals surface area contributed by atoms with E-state index in [2.05, 4.69) is 0 Å². The van der Waals surface area contributed by atoms with Gasteiger partial charge >= 0.3 is 5.97 Å². The van der Waals surface area contributed by atoms with Crippen molar-refractivity contribution in [2.45, 2.75) is 20.8 Å². The third-order valence-corrected chi connectivity index (χ3v) is 3.13. The summed E-state index contributed by atoms with van der Waals surface area (Å²) in [4.78, 5) is 25.1. The summed E-state index contributed by atoms with van der Waals surface area (Å²) in [7, 11) is 1.57. The van der Waals surface area contributed by atoms with Crippen molar-refractivity contribution in [2.75, 3.05) is 20.2 Å². The van der Waals surface area contributed by atoms with Crippen LogP contribution in [-0.4, -0.2) is 42.1 Å². The van der Waals surface area contributed by atoms with Crippen LogP contribution >= 0.6 is 0 Å². The van der Waals surface area contributed by atoms with Crippen molar-refractivity contribution in [1.29, 1.82) is 0 Å². The number of hydrogen-bond donors (Lipinski definition) is 1. The number of hydrogen-bond acceptors (Lipinski definition) is 3. The van der Waals surface area contributed by atoms with Crippen LogP contribution in [0.1, 0.15) is 31.1 Å². The molecule has 0 saturated carbocycles. The number of aliphatic carboxylic acids is 1. The van der Waals surface area contributed by atoms with Gasteiger partial charge in [-0.1, -0.05) is 20.8 Å². The van der Waals surface area contributed by atoms with Crippen LogP contribution in [0.15, 0.2) is 24.3 Å². The Balaban J connectivity index is 2.89. The lowest BCUT2D eigenvalue weighted by molar-refractivity contribution is -0.141. The van der Waals surface area contributed by atoms with Gasteiger partial charge in [0, 0.05) is 18.7 Å². The molecule has 5 nitrogen and oxygen atoms in total. The molecule has 0 heterocycles. The summed E-state index contributed by atoms with van der Waals surface area (Å²) in [5.74, 6) is -0.689. The van der Waals surface area contributed by atoms with Gasteiger partial charge in [-0.3, -0.25) is 9.59 Å². The molecule has 1 unspecified atom stereocenters. The van der Waals surface area contributed by atoms with E-state index in [1.54, 1.807) is 43.2 Å². The number of carboxylic acids is 1. The van der Waals surface area contributed by atoms with Crippen LogP contribution in [0.25, 0.3) is 0 Å². The van der Waals surface area contributed by atoms with E-state index in [1.807, 2.05) is 13.8 Å². The molecular formula is C16H23NO4. The average Bonchev–Trinajstić information content (AvgIpc) is 2.45. The van der Waals surface area contributed by atoms with Crippen molar-refractivity contribution in [2.24, 2.45) is 11.8 Å². The number of amides is 1. The highest BCUT2D eigenvalue weighted by molar-refractivity contribution is 5.94. The van der Waals surface area contributed by atoms with Gasteiger partial charge in [-0.05, 0) is 30.2 Å². The second-order valence-corrected chi connectivity index (χ2v) is 5.57. The van der Waals surface area contributed by atoms with Crippen molar-refractivity contribution in [3.05, 3.63) is 29.8 Å². The molecule has 0 spiro atoms. The Morgan fingerprint density at radius 1 is 1.14 bits per heavy atom. The van der Waals surface area contributed by atoms with E-state index in [1.165, 1.54) is 0 Å². The smallest absolute Gasteiger partial charge is 0.308 e. The van der Waals surface area contributed by atoms with Crippen molar-refractivity contribution < 1.29 is 19.4 Å². The molecule has 1 rings (SSSR count). The monoisotopic (exact) mass is 293 g/mol. The Kier molecular flexibility index (Phi) is 6.21. The SMILES string of the molecule is COc1ccc(C(=O)N(CC(C)C)CC(C)C(=O)O)cc1. The molecule has 1 aromatic rings. The number of carbonyl (C=O) groups is 2. The quantitative estimate of drug-likeness (QED) is 0.839.